The van der Waals surface area contributed by atoms with Gasteiger partial charge in [-0.3, -0.25) is 4.79 Å². The normalized spacial score (nSPS) is 12.3. The molecule has 0 radical (unpaired) electrons. The van der Waals surface area contributed by atoms with Crippen LogP contribution in [0, 0.1) is 0 Å². The van der Waals surface area contributed by atoms with Crippen molar-refractivity contribution in [1.29, 1.82) is 0 Å². The SMILES string of the molecule is O=c1c2c[nH]c3cc(ccc13)O2. The maximum atomic E-state index is 11.5. The van der Waals surface area contributed by atoms with Crippen LogP contribution in [-0.4, -0.2) is 4.98 Å². The van der Waals surface area contributed by atoms with Crippen LogP contribution < -0.4 is 10.2 Å². The molecule has 4 bridgehead atoms. The number of hydrogen-bond acceptors (Lipinski definition) is 2. The molecule has 1 N–H and O–H groups in total. The fraction of sp³-hybridized carbons (Fsp3) is 0. The molecule has 0 fully saturated rings. The van der Waals surface area contributed by atoms with E-state index >= 15 is 0 Å². The summed E-state index contributed by atoms with van der Waals surface area (Å²) in [5.74, 6) is 1.10. The van der Waals surface area contributed by atoms with E-state index in [1.165, 1.54) is 0 Å². The second kappa shape index (κ2) is 1.69. The minimum atomic E-state index is -0.0382. The Bertz CT molecular complexity index is 528. The first-order chi connectivity index (χ1) is 5.84. The maximum Gasteiger partial charge on any atom is 0.231 e. The van der Waals surface area contributed by atoms with Gasteiger partial charge in [-0.25, -0.2) is 0 Å². The monoisotopic (exact) mass is 159 g/mol. The van der Waals surface area contributed by atoms with Gasteiger partial charge in [0.05, 0.1) is 5.52 Å². The van der Waals surface area contributed by atoms with Crippen LogP contribution in [0.25, 0.3) is 10.9 Å². The zero-order valence-electron chi connectivity index (χ0n) is 6.13. The Kier molecular flexibility index (Phi) is 0.821. The number of H-pyrrole nitrogens is 1. The van der Waals surface area contributed by atoms with E-state index in [2.05, 4.69) is 4.98 Å². The Balaban J connectivity index is 2.75. The van der Waals surface area contributed by atoms with Gasteiger partial charge < -0.3 is 9.72 Å². The second-order valence-corrected chi connectivity index (χ2v) is 2.79. The van der Waals surface area contributed by atoms with Crippen LogP contribution in [0.2, 0.25) is 0 Å². The molecule has 0 spiro atoms. The highest BCUT2D eigenvalue weighted by Gasteiger charge is 2.12. The standard InChI is InChI=1S/C9H5NO2/c11-9-6-2-1-5-3-7(6)10-4-8(9)12-5/h1-4H,(H,10,11). The molecule has 3 nitrogen and oxygen atoms in total. The van der Waals surface area contributed by atoms with Crippen molar-refractivity contribution in [3.63, 3.8) is 0 Å². The Labute approximate surface area is 67.6 Å². The Morgan fingerprint density at radius 2 is 2.25 bits per heavy atom. The summed E-state index contributed by atoms with van der Waals surface area (Å²) < 4.78 is 5.29. The minimum absolute atomic E-state index is 0.0382. The summed E-state index contributed by atoms with van der Waals surface area (Å²) in [5.41, 5.74) is 0.794. The molecule has 12 heavy (non-hydrogen) atoms. The van der Waals surface area contributed by atoms with Gasteiger partial charge in [-0.1, -0.05) is 0 Å². The third-order valence-corrected chi connectivity index (χ3v) is 2.05. The van der Waals surface area contributed by atoms with Crippen LogP contribution in [0.4, 0.5) is 0 Å². The molecule has 0 amide bonds. The van der Waals surface area contributed by atoms with Crippen molar-refractivity contribution in [1.82, 2.24) is 4.98 Å². The predicted molar refractivity (Wildman–Crippen MR) is 44.6 cm³/mol. The highest BCUT2D eigenvalue weighted by atomic mass is 16.5. The van der Waals surface area contributed by atoms with Crippen molar-refractivity contribution in [2.24, 2.45) is 0 Å². The van der Waals surface area contributed by atoms with Gasteiger partial charge in [0.1, 0.15) is 5.75 Å². The highest BCUT2D eigenvalue weighted by Crippen LogP contribution is 2.26. The van der Waals surface area contributed by atoms with E-state index < -0.39 is 0 Å². The van der Waals surface area contributed by atoms with Gasteiger partial charge >= 0.3 is 0 Å². The van der Waals surface area contributed by atoms with Gasteiger partial charge in [0, 0.05) is 17.6 Å². The van der Waals surface area contributed by atoms with E-state index in [0.717, 1.165) is 11.3 Å². The molecule has 3 aliphatic rings. The Hall–Kier alpha value is -1.77. The first kappa shape index (κ1) is 5.83. The van der Waals surface area contributed by atoms with E-state index in [-0.39, 0.29) is 5.43 Å². The van der Waals surface area contributed by atoms with Crippen molar-refractivity contribution in [2.45, 2.75) is 0 Å². The van der Waals surface area contributed by atoms with Crippen molar-refractivity contribution < 1.29 is 4.74 Å². The van der Waals surface area contributed by atoms with Crippen molar-refractivity contribution in [2.75, 3.05) is 0 Å². The van der Waals surface area contributed by atoms with Gasteiger partial charge in [0.2, 0.25) is 5.43 Å². The number of ether oxygens (including phenoxy) is 1. The van der Waals surface area contributed by atoms with Gasteiger partial charge in [-0.15, -0.1) is 0 Å². The summed E-state index contributed by atoms with van der Waals surface area (Å²) in [6.07, 6.45) is 1.59. The number of fused-ring (bicyclic) bond motifs is 2. The van der Waals surface area contributed by atoms with Crippen LogP contribution in [0.15, 0.2) is 29.2 Å². The van der Waals surface area contributed by atoms with Crippen LogP contribution in [0.3, 0.4) is 0 Å². The quantitative estimate of drug-likeness (QED) is 0.541. The third kappa shape index (κ3) is 0.540. The summed E-state index contributed by atoms with van der Waals surface area (Å²) >= 11 is 0. The first-order valence-corrected chi connectivity index (χ1v) is 3.68. The first-order valence-electron chi connectivity index (χ1n) is 3.68. The Morgan fingerprint density at radius 1 is 1.33 bits per heavy atom. The third-order valence-electron chi connectivity index (χ3n) is 2.05. The summed E-state index contributed by atoms with van der Waals surface area (Å²) in [6, 6.07) is 5.40. The molecular weight excluding hydrogens is 154 g/mol. The van der Waals surface area contributed by atoms with Crippen LogP contribution >= 0.6 is 0 Å². The van der Waals surface area contributed by atoms with Crippen molar-refractivity contribution in [3.8, 4) is 11.5 Å². The molecule has 3 aliphatic heterocycles. The maximum absolute atomic E-state index is 11.5. The fourth-order valence-electron chi connectivity index (χ4n) is 1.45. The van der Waals surface area contributed by atoms with Gasteiger partial charge in [0.25, 0.3) is 0 Å². The lowest BCUT2D eigenvalue weighted by atomic mass is 10.2. The number of aromatic amines is 1. The highest BCUT2D eigenvalue weighted by molar-refractivity contribution is 5.82. The lowest BCUT2D eigenvalue weighted by Gasteiger charge is -1.95. The number of aromatic nitrogens is 1. The molecule has 0 aliphatic carbocycles. The smallest absolute Gasteiger partial charge is 0.231 e. The van der Waals surface area contributed by atoms with E-state index in [1.54, 1.807) is 18.3 Å². The largest absolute Gasteiger partial charge is 0.452 e. The summed E-state index contributed by atoms with van der Waals surface area (Å²) in [7, 11) is 0. The van der Waals surface area contributed by atoms with Crippen LogP contribution in [0.5, 0.6) is 11.5 Å². The molecule has 0 saturated carbocycles. The average molecular weight is 159 g/mol. The van der Waals surface area contributed by atoms with Crippen molar-refractivity contribution >= 4 is 10.9 Å². The molecule has 0 saturated heterocycles. The number of benzene rings is 1. The van der Waals surface area contributed by atoms with E-state index in [1.807, 2.05) is 6.07 Å². The molecule has 3 heteroatoms. The number of rotatable bonds is 0. The summed E-state index contributed by atoms with van der Waals surface area (Å²) in [6.45, 7) is 0. The van der Waals surface area contributed by atoms with Gasteiger partial charge in [-0.2, -0.15) is 0 Å². The molecule has 5 rings (SSSR count). The van der Waals surface area contributed by atoms with E-state index in [4.69, 9.17) is 4.74 Å². The molecular formula is C9H5NO2. The molecule has 0 unspecified atom stereocenters. The van der Waals surface area contributed by atoms with E-state index in [9.17, 15) is 4.79 Å². The average Bonchev–Trinajstić information content (AvgIpc) is 2.38. The summed E-state index contributed by atoms with van der Waals surface area (Å²) in [5, 5.41) is 0.689. The molecule has 2 aromatic rings. The number of pyridine rings is 1. The molecule has 1 aromatic heterocycles. The summed E-state index contributed by atoms with van der Waals surface area (Å²) in [4.78, 5) is 14.5. The second-order valence-electron chi connectivity index (χ2n) is 2.79. The molecule has 1 aromatic carbocycles. The van der Waals surface area contributed by atoms with Crippen molar-refractivity contribution in [3.05, 3.63) is 34.6 Å². The lowest BCUT2D eigenvalue weighted by Crippen LogP contribution is -2.01. The van der Waals surface area contributed by atoms with Gasteiger partial charge in [-0.05, 0) is 12.1 Å². The fourth-order valence-corrected chi connectivity index (χ4v) is 1.45. The van der Waals surface area contributed by atoms with Crippen LogP contribution in [0.1, 0.15) is 0 Å². The lowest BCUT2D eigenvalue weighted by molar-refractivity contribution is 0.482. The molecule has 4 heterocycles. The minimum Gasteiger partial charge on any atom is -0.452 e. The van der Waals surface area contributed by atoms with E-state index in [0.29, 0.717) is 11.1 Å². The van der Waals surface area contributed by atoms with Gasteiger partial charge in [0.15, 0.2) is 5.75 Å². The number of nitrogens with one attached hydrogen (secondary N) is 1. The molecule has 58 valence electrons. The molecule has 0 atom stereocenters. The van der Waals surface area contributed by atoms with Crippen LogP contribution in [-0.2, 0) is 0 Å². The zero-order valence-corrected chi connectivity index (χ0v) is 6.13. The predicted octanol–water partition coefficient (Wildman–Crippen LogP) is 1.63. The number of hydrogen-bond donors (Lipinski definition) is 1. The topological polar surface area (TPSA) is 42.1 Å². The Morgan fingerprint density at radius 3 is 3.17 bits per heavy atom. The zero-order chi connectivity index (χ0) is 8.13.